The molecule has 16 heavy (non-hydrogen) atoms. The van der Waals surface area contributed by atoms with Crippen molar-refractivity contribution in [2.75, 3.05) is 0 Å². The van der Waals surface area contributed by atoms with Crippen molar-refractivity contribution in [2.45, 2.75) is 19.3 Å². The van der Waals surface area contributed by atoms with Crippen molar-refractivity contribution < 1.29 is 14.3 Å². The van der Waals surface area contributed by atoms with Gasteiger partial charge >= 0.3 is 5.97 Å². The Morgan fingerprint density at radius 1 is 1.56 bits per heavy atom. The van der Waals surface area contributed by atoms with Crippen LogP contribution in [0.15, 0.2) is 23.6 Å². The largest absolute Gasteiger partial charge is 0.481 e. The maximum absolute atomic E-state index is 13.6. The fourth-order valence-corrected chi connectivity index (χ4v) is 2.90. The van der Waals surface area contributed by atoms with Gasteiger partial charge in [0.2, 0.25) is 0 Å². The van der Waals surface area contributed by atoms with E-state index < -0.39 is 5.97 Å². The summed E-state index contributed by atoms with van der Waals surface area (Å²) in [5.41, 5.74) is 0.792. The first-order valence-electron chi connectivity index (χ1n) is 4.97. The second-order valence-corrected chi connectivity index (χ2v) is 4.71. The van der Waals surface area contributed by atoms with Crippen LogP contribution in [-0.2, 0) is 4.79 Å². The van der Waals surface area contributed by atoms with Crippen molar-refractivity contribution in [3.05, 3.63) is 35.0 Å². The molecule has 2 aromatic rings. The summed E-state index contributed by atoms with van der Waals surface area (Å²) in [6, 6.07) is 4.92. The quantitative estimate of drug-likeness (QED) is 0.886. The summed E-state index contributed by atoms with van der Waals surface area (Å²) >= 11 is 1.45. The van der Waals surface area contributed by atoms with Crippen molar-refractivity contribution in [3.8, 4) is 0 Å². The minimum absolute atomic E-state index is 0.0279. The molecule has 1 heterocycles. The highest BCUT2D eigenvalue weighted by molar-refractivity contribution is 7.17. The molecule has 1 aromatic carbocycles. The maximum atomic E-state index is 13.6. The smallest absolute Gasteiger partial charge is 0.303 e. The Hall–Kier alpha value is -1.42. The molecule has 1 unspecified atom stereocenters. The highest BCUT2D eigenvalue weighted by atomic mass is 32.1. The molecule has 1 N–H and O–H groups in total. The fourth-order valence-electron chi connectivity index (χ4n) is 1.80. The molecule has 0 amide bonds. The lowest BCUT2D eigenvalue weighted by Crippen LogP contribution is -2.02. The van der Waals surface area contributed by atoms with E-state index in [0.29, 0.717) is 5.39 Å². The number of hydrogen-bond donors (Lipinski definition) is 1. The first-order chi connectivity index (χ1) is 7.59. The van der Waals surface area contributed by atoms with Crippen molar-refractivity contribution in [3.63, 3.8) is 0 Å². The number of benzene rings is 1. The van der Waals surface area contributed by atoms with E-state index in [9.17, 15) is 9.18 Å². The number of thiophene rings is 1. The number of rotatable bonds is 3. The van der Waals surface area contributed by atoms with E-state index in [-0.39, 0.29) is 18.2 Å². The summed E-state index contributed by atoms with van der Waals surface area (Å²) in [4.78, 5) is 10.6. The molecule has 1 atom stereocenters. The highest BCUT2D eigenvalue weighted by Crippen LogP contribution is 2.34. The third-order valence-electron chi connectivity index (χ3n) is 2.59. The number of carboxylic acid groups (broad SMARTS) is 1. The van der Waals surface area contributed by atoms with Crippen LogP contribution in [0.4, 0.5) is 4.39 Å². The lowest BCUT2D eigenvalue weighted by Gasteiger charge is -2.07. The van der Waals surface area contributed by atoms with E-state index in [1.807, 2.05) is 18.4 Å². The van der Waals surface area contributed by atoms with E-state index >= 15 is 0 Å². The van der Waals surface area contributed by atoms with Gasteiger partial charge in [-0.05, 0) is 29.0 Å². The molecule has 2 nitrogen and oxygen atoms in total. The van der Waals surface area contributed by atoms with Crippen LogP contribution >= 0.6 is 11.3 Å². The average molecular weight is 238 g/mol. The Bertz CT molecular complexity index is 533. The zero-order chi connectivity index (χ0) is 11.7. The van der Waals surface area contributed by atoms with E-state index in [0.717, 1.165) is 10.3 Å². The molecule has 0 aliphatic carbocycles. The van der Waals surface area contributed by atoms with E-state index in [1.165, 1.54) is 17.4 Å². The normalized spacial score (nSPS) is 12.9. The molecule has 0 aliphatic rings. The Morgan fingerprint density at radius 3 is 3.00 bits per heavy atom. The first-order valence-corrected chi connectivity index (χ1v) is 5.85. The molecule has 0 spiro atoms. The Balaban J connectivity index is 2.48. The molecule has 0 bridgehead atoms. The van der Waals surface area contributed by atoms with Crippen LogP contribution < -0.4 is 0 Å². The minimum atomic E-state index is -0.858. The molecule has 4 heteroatoms. The monoisotopic (exact) mass is 238 g/mol. The number of hydrogen-bond acceptors (Lipinski definition) is 2. The van der Waals surface area contributed by atoms with Gasteiger partial charge in [0.25, 0.3) is 0 Å². The van der Waals surface area contributed by atoms with E-state index in [2.05, 4.69) is 0 Å². The Labute approximate surface area is 96.3 Å². The van der Waals surface area contributed by atoms with Crippen LogP contribution in [0.2, 0.25) is 0 Å². The van der Waals surface area contributed by atoms with Crippen LogP contribution in [-0.4, -0.2) is 11.1 Å². The number of aliphatic carboxylic acids is 1. The van der Waals surface area contributed by atoms with Crippen LogP contribution in [0.5, 0.6) is 0 Å². The first kappa shape index (κ1) is 11.1. The molecule has 1 aromatic heterocycles. The summed E-state index contributed by atoms with van der Waals surface area (Å²) in [5.74, 6) is -1.29. The molecular weight excluding hydrogens is 227 g/mol. The van der Waals surface area contributed by atoms with Gasteiger partial charge < -0.3 is 5.11 Å². The number of halogens is 1. The topological polar surface area (TPSA) is 37.3 Å². The summed E-state index contributed by atoms with van der Waals surface area (Å²) in [6.07, 6.45) is 0.0279. The zero-order valence-electron chi connectivity index (χ0n) is 8.74. The Morgan fingerprint density at radius 2 is 2.31 bits per heavy atom. The fraction of sp³-hybridized carbons (Fsp3) is 0.250. The summed E-state index contributed by atoms with van der Waals surface area (Å²) in [5, 5.41) is 11.2. The van der Waals surface area contributed by atoms with E-state index in [1.54, 1.807) is 6.07 Å². The lowest BCUT2D eigenvalue weighted by atomic mass is 9.97. The predicted octanol–water partition coefficient (Wildman–Crippen LogP) is 3.62. The van der Waals surface area contributed by atoms with E-state index in [4.69, 9.17) is 5.11 Å². The third kappa shape index (κ3) is 1.93. The van der Waals surface area contributed by atoms with Crippen LogP contribution in [0.1, 0.15) is 24.8 Å². The van der Waals surface area contributed by atoms with Crippen molar-refractivity contribution in [1.29, 1.82) is 0 Å². The molecule has 0 radical (unpaired) electrons. The van der Waals surface area contributed by atoms with Crippen molar-refractivity contribution >= 4 is 27.4 Å². The highest BCUT2D eigenvalue weighted by Gasteiger charge is 2.16. The maximum Gasteiger partial charge on any atom is 0.303 e. The predicted molar refractivity (Wildman–Crippen MR) is 62.5 cm³/mol. The third-order valence-corrected chi connectivity index (χ3v) is 3.55. The van der Waals surface area contributed by atoms with Gasteiger partial charge in [-0.1, -0.05) is 13.0 Å². The summed E-state index contributed by atoms with van der Waals surface area (Å²) < 4.78 is 14.5. The van der Waals surface area contributed by atoms with Gasteiger partial charge in [0.15, 0.2) is 0 Å². The summed E-state index contributed by atoms with van der Waals surface area (Å²) in [6.45, 7) is 1.81. The van der Waals surface area contributed by atoms with Crippen molar-refractivity contribution in [2.24, 2.45) is 0 Å². The van der Waals surface area contributed by atoms with Gasteiger partial charge in [-0.15, -0.1) is 11.3 Å². The summed E-state index contributed by atoms with van der Waals surface area (Å²) in [7, 11) is 0. The van der Waals surface area contributed by atoms with Gasteiger partial charge in [-0.25, -0.2) is 4.39 Å². The van der Waals surface area contributed by atoms with Crippen LogP contribution in [0.25, 0.3) is 10.1 Å². The molecule has 0 saturated carbocycles. The SMILES string of the molecule is CC(CC(=O)O)c1csc2cccc(F)c12. The molecule has 84 valence electrons. The average Bonchev–Trinajstić information content (AvgIpc) is 2.61. The second-order valence-electron chi connectivity index (χ2n) is 3.80. The molecule has 0 fully saturated rings. The zero-order valence-corrected chi connectivity index (χ0v) is 9.55. The van der Waals surface area contributed by atoms with Gasteiger partial charge in [0, 0.05) is 10.1 Å². The number of carboxylic acids is 1. The number of fused-ring (bicyclic) bond motifs is 1. The molecule has 0 aliphatic heterocycles. The number of carbonyl (C=O) groups is 1. The van der Waals surface area contributed by atoms with Gasteiger partial charge in [0.05, 0.1) is 6.42 Å². The van der Waals surface area contributed by atoms with Crippen LogP contribution in [0, 0.1) is 5.82 Å². The molecular formula is C12H11FO2S. The van der Waals surface area contributed by atoms with Gasteiger partial charge in [-0.3, -0.25) is 4.79 Å². The minimum Gasteiger partial charge on any atom is -0.481 e. The van der Waals surface area contributed by atoms with Gasteiger partial charge in [0.1, 0.15) is 5.82 Å². The van der Waals surface area contributed by atoms with Crippen LogP contribution in [0.3, 0.4) is 0 Å². The second kappa shape index (κ2) is 4.22. The molecule has 0 saturated heterocycles. The van der Waals surface area contributed by atoms with Crippen molar-refractivity contribution in [1.82, 2.24) is 0 Å². The van der Waals surface area contributed by atoms with Gasteiger partial charge in [-0.2, -0.15) is 0 Å². The lowest BCUT2D eigenvalue weighted by molar-refractivity contribution is -0.137. The molecule has 2 rings (SSSR count). The standard InChI is InChI=1S/C12H11FO2S/c1-7(5-11(14)15)8-6-16-10-4-2-3-9(13)12(8)10/h2-4,6-7H,5H2,1H3,(H,14,15). The Kier molecular flexibility index (Phi) is 2.92.